The van der Waals surface area contributed by atoms with Gasteiger partial charge in [-0.25, -0.2) is 4.39 Å². The van der Waals surface area contributed by atoms with Gasteiger partial charge in [-0.3, -0.25) is 4.79 Å². The Morgan fingerprint density at radius 2 is 2.03 bits per heavy atom. The topological polar surface area (TPSA) is 59.8 Å². The number of carbonyl (C=O) groups excluding carboxylic acids is 1. The van der Waals surface area contributed by atoms with Gasteiger partial charge in [-0.15, -0.1) is 10.2 Å². The van der Waals surface area contributed by atoms with E-state index < -0.39 is 0 Å². The summed E-state index contributed by atoms with van der Waals surface area (Å²) >= 11 is 1.36. The van der Waals surface area contributed by atoms with Crippen molar-refractivity contribution in [3.05, 3.63) is 30.1 Å². The van der Waals surface area contributed by atoms with E-state index in [2.05, 4.69) is 43.2 Å². The molecule has 1 aliphatic rings. The number of hydrogen-bond donors (Lipinski definition) is 1. The lowest BCUT2D eigenvalue weighted by Crippen LogP contribution is -2.44. The highest BCUT2D eigenvalue weighted by molar-refractivity contribution is 7.99. The van der Waals surface area contributed by atoms with Crippen LogP contribution in [0.25, 0.3) is 11.4 Å². The standard InChI is InChI=1S/C22H31FN4OS/c1-14(2)12-27-21(17-9-5-6-10-18(17)23)25-26-22(27)29-13-20(28)24-19-11-7-8-15(3)16(19)4/h5-6,9-10,14-16,19H,7-8,11-13H2,1-4H3,(H,24,28)/t15-,16+,19+/m0/s1. The van der Waals surface area contributed by atoms with Gasteiger partial charge in [0.2, 0.25) is 5.91 Å². The summed E-state index contributed by atoms with van der Waals surface area (Å²) < 4.78 is 16.2. The third-order valence-electron chi connectivity index (χ3n) is 5.76. The minimum atomic E-state index is -0.320. The van der Waals surface area contributed by atoms with E-state index in [4.69, 9.17) is 0 Å². The fourth-order valence-corrected chi connectivity index (χ4v) is 4.69. The zero-order chi connectivity index (χ0) is 21.0. The molecule has 0 aliphatic heterocycles. The molecule has 0 radical (unpaired) electrons. The zero-order valence-corrected chi connectivity index (χ0v) is 18.5. The number of nitrogens with one attached hydrogen (secondary N) is 1. The van der Waals surface area contributed by atoms with Gasteiger partial charge in [-0.2, -0.15) is 0 Å². The summed E-state index contributed by atoms with van der Waals surface area (Å²) in [6, 6.07) is 6.84. The average Bonchev–Trinajstić information content (AvgIpc) is 3.06. The van der Waals surface area contributed by atoms with Crippen LogP contribution in [0.5, 0.6) is 0 Å². The number of benzene rings is 1. The number of nitrogens with zero attached hydrogens (tertiary/aromatic N) is 3. The summed E-state index contributed by atoms with van der Waals surface area (Å²) in [5, 5.41) is 12.3. The molecule has 2 aromatic rings. The van der Waals surface area contributed by atoms with E-state index >= 15 is 0 Å². The van der Waals surface area contributed by atoms with Crippen molar-refractivity contribution in [3.8, 4) is 11.4 Å². The lowest BCUT2D eigenvalue weighted by molar-refractivity contribution is -0.120. The van der Waals surface area contributed by atoms with Crippen LogP contribution >= 0.6 is 11.8 Å². The first kappa shape index (κ1) is 21.8. The molecule has 7 heteroatoms. The van der Waals surface area contributed by atoms with E-state index in [1.54, 1.807) is 18.2 Å². The number of aromatic nitrogens is 3. The molecule has 0 unspecified atom stereocenters. The number of carbonyl (C=O) groups is 1. The van der Waals surface area contributed by atoms with Crippen LogP contribution in [0.3, 0.4) is 0 Å². The van der Waals surface area contributed by atoms with E-state index in [-0.39, 0.29) is 23.5 Å². The molecule has 0 saturated heterocycles. The molecule has 0 bridgehead atoms. The fourth-order valence-electron chi connectivity index (χ4n) is 3.93. The molecule has 1 fully saturated rings. The van der Waals surface area contributed by atoms with Gasteiger partial charge < -0.3 is 9.88 Å². The summed E-state index contributed by atoms with van der Waals surface area (Å²) in [4.78, 5) is 12.6. The number of thioether (sulfide) groups is 1. The van der Waals surface area contributed by atoms with Gasteiger partial charge in [0.05, 0.1) is 11.3 Å². The second kappa shape index (κ2) is 9.74. The molecule has 1 amide bonds. The van der Waals surface area contributed by atoms with E-state index in [1.165, 1.54) is 24.2 Å². The monoisotopic (exact) mass is 418 g/mol. The third kappa shape index (κ3) is 5.38. The average molecular weight is 419 g/mol. The van der Waals surface area contributed by atoms with Gasteiger partial charge in [0.1, 0.15) is 5.82 Å². The lowest BCUT2D eigenvalue weighted by atomic mass is 9.78. The van der Waals surface area contributed by atoms with E-state index in [9.17, 15) is 9.18 Å². The smallest absolute Gasteiger partial charge is 0.230 e. The molecule has 0 spiro atoms. The normalized spacial score (nSPS) is 22.1. The Balaban J connectivity index is 1.70. The van der Waals surface area contributed by atoms with Crippen molar-refractivity contribution in [1.29, 1.82) is 0 Å². The van der Waals surface area contributed by atoms with Gasteiger partial charge in [0, 0.05) is 12.6 Å². The van der Waals surface area contributed by atoms with Crippen molar-refractivity contribution < 1.29 is 9.18 Å². The minimum absolute atomic E-state index is 0.0208. The second-order valence-electron chi connectivity index (χ2n) is 8.52. The van der Waals surface area contributed by atoms with Gasteiger partial charge in [0.25, 0.3) is 0 Å². The van der Waals surface area contributed by atoms with E-state index in [1.807, 2.05) is 4.57 Å². The quantitative estimate of drug-likeness (QED) is 0.658. The maximum atomic E-state index is 14.3. The first-order chi connectivity index (χ1) is 13.9. The fraction of sp³-hybridized carbons (Fsp3) is 0.591. The first-order valence-corrected chi connectivity index (χ1v) is 11.5. The molecule has 1 saturated carbocycles. The van der Waals surface area contributed by atoms with Crippen molar-refractivity contribution in [2.24, 2.45) is 17.8 Å². The van der Waals surface area contributed by atoms with Gasteiger partial charge in [-0.1, -0.05) is 64.4 Å². The van der Waals surface area contributed by atoms with Gasteiger partial charge in [0.15, 0.2) is 11.0 Å². The molecule has 3 rings (SSSR count). The van der Waals surface area contributed by atoms with Crippen LogP contribution in [-0.4, -0.2) is 32.5 Å². The summed E-state index contributed by atoms with van der Waals surface area (Å²) in [6.07, 6.45) is 3.45. The Morgan fingerprint density at radius 3 is 2.76 bits per heavy atom. The highest BCUT2D eigenvalue weighted by Gasteiger charge is 2.28. The molecule has 29 heavy (non-hydrogen) atoms. The van der Waals surface area contributed by atoms with Crippen LogP contribution in [0, 0.1) is 23.6 Å². The summed E-state index contributed by atoms with van der Waals surface area (Å²) in [6.45, 7) is 9.34. The Kier molecular flexibility index (Phi) is 7.33. The zero-order valence-electron chi connectivity index (χ0n) is 17.7. The van der Waals surface area contributed by atoms with Crippen molar-refractivity contribution in [2.45, 2.75) is 64.7 Å². The van der Waals surface area contributed by atoms with E-state index in [0.29, 0.717) is 40.8 Å². The van der Waals surface area contributed by atoms with Crippen LogP contribution in [0.4, 0.5) is 4.39 Å². The largest absolute Gasteiger partial charge is 0.352 e. The number of hydrogen-bond acceptors (Lipinski definition) is 4. The molecular formula is C22H31FN4OS. The summed E-state index contributed by atoms with van der Waals surface area (Å²) in [5.41, 5.74) is 0.432. The van der Waals surface area contributed by atoms with Crippen molar-refractivity contribution in [1.82, 2.24) is 20.1 Å². The van der Waals surface area contributed by atoms with Gasteiger partial charge in [-0.05, 0) is 36.3 Å². The predicted octanol–water partition coefficient (Wildman–Crippen LogP) is 4.77. The maximum Gasteiger partial charge on any atom is 0.230 e. The Morgan fingerprint density at radius 1 is 1.28 bits per heavy atom. The van der Waals surface area contributed by atoms with E-state index in [0.717, 1.165) is 12.8 Å². The van der Waals surface area contributed by atoms with Crippen LogP contribution < -0.4 is 5.32 Å². The van der Waals surface area contributed by atoms with Crippen LogP contribution in [0.1, 0.15) is 47.0 Å². The second-order valence-corrected chi connectivity index (χ2v) is 9.46. The molecule has 1 aromatic heterocycles. The molecule has 5 nitrogen and oxygen atoms in total. The van der Waals surface area contributed by atoms with Crippen molar-refractivity contribution in [3.63, 3.8) is 0 Å². The highest BCUT2D eigenvalue weighted by Crippen LogP contribution is 2.30. The first-order valence-electron chi connectivity index (χ1n) is 10.5. The lowest BCUT2D eigenvalue weighted by Gasteiger charge is -2.34. The van der Waals surface area contributed by atoms with Crippen LogP contribution in [0.15, 0.2) is 29.4 Å². The third-order valence-corrected chi connectivity index (χ3v) is 6.73. The Hall–Kier alpha value is -1.89. The molecule has 158 valence electrons. The van der Waals surface area contributed by atoms with Crippen molar-refractivity contribution >= 4 is 17.7 Å². The molecule has 1 heterocycles. The predicted molar refractivity (Wildman–Crippen MR) is 115 cm³/mol. The summed E-state index contributed by atoms with van der Waals surface area (Å²) in [5.74, 6) is 1.97. The number of amides is 1. The molecule has 1 aromatic carbocycles. The molecular weight excluding hydrogens is 387 g/mol. The minimum Gasteiger partial charge on any atom is -0.352 e. The summed E-state index contributed by atoms with van der Waals surface area (Å²) in [7, 11) is 0. The SMILES string of the molecule is CC(C)Cn1c(SCC(=O)N[C@@H]2CCC[C@H](C)[C@H]2C)nnc1-c1ccccc1F. The number of rotatable bonds is 7. The number of halogens is 1. The van der Waals surface area contributed by atoms with Crippen molar-refractivity contribution in [2.75, 3.05) is 5.75 Å². The van der Waals surface area contributed by atoms with Gasteiger partial charge >= 0.3 is 0 Å². The van der Waals surface area contributed by atoms with Crippen LogP contribution in [0.2, 0.25) is 0 Å². The molecule has 3 atom stereocenters. The van der Waals surface area contributed by atoms with Crippen LogP contribution in [-0.2, 0) is 11.3 Å². The molecule has 1 aliphatic carbocycles. The Bertz CT molecular complexity index is 838. The maximum absolute atomic E-state index is 14.3. The Labute approximate surface area is 176 Å². The molecule has 1 N–H and O–H groups in total. The highest BCUT2D eigenvalue weighted by atomic mass is 32.2.